The highest BCUT2D eigenvalue weighted by Crippen LogP contribution is 2.06. The predicted octanol–water partition coefficient (Wildman–Crippen LogP) is -2.91. The van der Waals surface area contributed by atoms with E-state index in [1.165, 1.54) is 19.1 Å². The maximum atomic E-state index is 10.4. The van der Waals surface area contributed by atoms with Gasteiger partial charge in [-0.25, -0.2) is 0 Å². The van der Waals surface area contributed by atoms with Crippen LogP contribution in [0, 0.1) is 0 Å². The number of aliphatic hydroxyl groups excluding tert-OH is 4. The quantitative estimate of drug-likeness (QED) is 0.300. The Morgan fingerprint density at radius 2 is 1.67 bits per heavy atom. The molecule has 0 aliphatic heterocycles. The van der Waals surface area contributed by atoms with Crippen molar-refractivity contribution in [1.82, 2.24) is 4.90 Å². The summed E-state index contributed by atoms with van der Waals surface area (Å²) in [5, 5.41) is 46.6. The summed E-state index contributed by atoms with van der Waals surface area (Å²) in [6.45, 7) is -0.638. The molecule has 0 bridgehead atoms. The zero-order valence-corrected chi connectivity index (χ0v) is 10.4. The van der Waals surface area contributed by atoms with Gasteiger partial charge in [0.1, 0.15) is 18.3 Å². The van der Waals surface area contributed by atoms with Crippen LogP contribution in [0.4, 0.5) is 0 Å². The summed E-state index contributed by atoms with van der Waals surface area (Å²) in [5.74, 6) is -1.07. The lowest BCUT2D eigenvalue weighted by Gasteiger charge is -2.28. The summed E-state index contributed by atoms with van der Waals surface area (Å²) >= 11 is 0. The summed E-state index contributed by atoms with van der Waals surface area (Å²) in [7, 11) is 2.77. The Balaban J connectivity index is 4.23. The summed E-state index contributed by atoms with van der Waals surface area (Å²) in [6.07, 6.45) is -5.87. The Hall–Kier alpha value is -0.770. The lowest BCUT2D eigenvalue weighted by atomic mass is 10.0. The fourth-order valence-electron chi connectivity index (χ4n) is 1.45. The molecule has 0 aliphatic rings. The molecule has 18 heavy (non-hydrogen) atoms. The van der Waals surface area contributed by atoms with E-state index in [2.05, 4.69) is 4.74 Å². The number of aliphatic hydroxyl groups is 4. The molecule has 0 radical (unpaired) electrons. The SMILES string of the molecule is COC[C@@H](O)[C@@H](O)[C@H](O)C(O)CN(C)CC(=O)O. The molecule has 0 saturated carbocycles. The Morgan fingerprint density at radius 3 is 2.11 bits per heavy atom. The molecule has 0 spiro atoms. The fourth-order valence-corrected chi connectivity index (χ4v) is 1.45. The van der Waals surface area contributed by atoms with Crippen molar-refractivity contribution in [2.75, 3.05) is 33.9 Å². The van der Waals surface area contributed by atoms with Crippen LogP contribution in [0.25, 0.3) is 0 Å². The number of carbonyl (C=O) groups is 1. The van der Waals surface area contributed by atoms with E-state index in [0.29, 0.717) is 0 Å². The molecule has 0 amide bonds. The van der Waals surface area contributed by atoms with Crippen molar-refractivity contribution in [2.24, 2.45) is 0 Å². The number of aliphatic carboxylic acids is 1. The van der Waals surface area contributed by atoms with Crippen LogP contribution in [0.3, 0.4) is 0 Å². The second-order valence-corrected chi connectivity index (χ2v) is 4.16. The average Bonchev–Trinajstić information content (AvgIpc) is 2.25. The van der Waals surface area contributed by atoms with Crippen molar-refractivity contribution >= 4 is 5.97 Å². The van der Waals surface area contributed by atoms with E-state index < -0.39 is 30.4 Å². The molecule has 0 saturated heterocycles. The van der Waals surface area contributed by atoms with Crippen LogP contribution in [-0.2, 0) is 9.53 Å². The Kier molecular flexibility index (Phi) is 8.00. The summed E-state index contributed by atoms with van der Waals surface area (Å²) in [5.41, 5.74) is 0. The molecule has 8 heteroatoms. The summed E-state index contributed by atoms with van der Waals surface area (Å²) in [6, 6.07) is 0. The number of carboxylic acids is 1. The van der Waals surface area contributed by atoms with Crippen LogP contribution in [0.5, 0.6) is 0 Å². The van der Waals surface area contributed by atoms with E-state index in [9.17, 15) is 25.2 Å². The number of carboxylic acid groups (broad SMARTS) is 1. The van der Waals surface area contributed by atoms with Crippen molar-refractivity contribution in [3.05, 3.63) is 0 Å². The molecular formula is C10H21NO7. The molecular weight excluding hydrogens is 246 g/mol. The van der Waals surface area contributed by atoms with Crippen LogP contribution in [0.1, 0.15) is 0 Å². The van der Waals surface area contributed by atoms with Gasteiger partial charge >= 0.3 is 5.97 Å². The van der Waals surface area contributed by atoms with Gasteiger partial charge in [-0.3, -0.25) is 9.69 Å². The lowest BCUT2D eigenvalue weighted by Crippen LogP contribution is -2.49. The van der Waals surface area contributed by atoms with Gasteiger partial charge in [0, 0.05) is 13.7 Å². The minimum atomic E-state index is -1.59. The van der Waals surface area contributed by atoms with E-state index in [-0.39, 0.29) is 19.7 Å². The second-order valence-electron chi connectivity index (χ2n) is 4.16. The molecule has 0 aromatic rings. The van der Waals surface area contributed by atoms with Gasteiger partial charge in [-0.1, -0.05) is 0 Å². The topological polar surface area (TPSA) is 131 Å². The van der Waals surface area contributed by atoms with Gasteiger partial charge in [-0.15, -0.1) is 0 Å². The van der Waals surface area contributed by atoms with Gasteiger partial charge in [0.25, 0.3) is 0 Å². The third kappa shape index (κ3) is 6.24. The van der Waals surface area contributed by atoms with Gasteiger partial charge in [0.15, 0.2) is 0 Å². The van der Waals surface area contributed by atoms with E-state index in [0.717, 1.165) is 0 Å². The number of hydrogen-bond donors (Lipinski definition) is 5. The maximum Gasteiger partial charge on any atom is 0.317 e. The molecule has 1 unspecified atom stereocenters. The second kappa shape index (κ2) is 8.35. The zero-order chi connectivity index (χ0) is 14.3. The van der Waals surface area contributed by atoms with Crippen molar-refractivity contribution in [3.63, 3.8) is 0 Å². The number of methoxy groups -OCH3 is 1. The first-order chi connectivity index (χ1) is 8.29. The molecule has 0 aromatic heterocycles. The maximum absolute atomic E-state index is 10.4. The van der Waals surface area contributed by atoms with Crippen molar-refractivity contribution in [3.8, 4) is 0 Å². The lowest BCUT2D eigenvalue weighted by molar-refractivity contribution is -0.140. The van der Waals surface area contributed by atoms with E-state index >= 15 is 0 Å². The predicted molar refractivity (Wildman–Crippen MR) is 61.0 cm³/mol. The smallest absolute Gasteiger partial charge is 0.317 e. The first-order valence-corrected chi connectivity index (χ1v) is 5.41. The van der Waals surface area contributed by atoms with Gasteiger partial charge in [0.2, 0.25) is 0 Å². The minimum absolute atomic E-state index is 0.149. The zero-order valence-electron chi connectivity index (χ0n) is 10.4. The number of likely N-dealkylation sites (N-methyl/N-ethyl adjacent to an activating group) is 1. The van der Waals surface area contributed by atoms with Gasteiger partial charge in [-0.05, 0) is 7.05 Å². The summed E-state index contributed by atoms with van der Waals surface area (Å²) in [4.78, 5) is 11.7. The van der Waals surface area contributed by atoms with E-state index in [1.54, 1.807) is 0 Å². The van der Waals surface area contributed by atoms with Crippen LogP contribution in [0.2, 0.25) is 0 Å². The highest BCUT2D eigenvalue weighted by atomic mass is 16.5. The summed E-state index contributed by atoms with van der Waals surface area (Å²) < 4.78 is 4.60. The number of ether oxygens (including phenoxy) is 1. The van der Waals surface area contributed by atoms with Gasteiger partial charge < -0.3 is 30.3 Å². The average molecular weight is 267 g/mol. The van der Waals surface area contributed by atoms with Crippen LogP contribution in [0.15, 0.2) is 0 Å². The van der Waals surface area contributed by atoms with Gasteiger partial charge in [0.05, 0.1) is 19.3 Å². The molecule has 8 nitrogen and oxygen atoms in total. The van der Waals surface area contributed by atoms with E-state index in [4.69, 9.17) is 5.11 Å². The highest BCUT2D eigenvalue weighted by molar-refractivity contribution is 5.68. The Morgan fingerprint density at radius 1 is 1.17 bits per heavy atom. The largest absolute Gasteiger partial charge is 0.480 e. The van der Waals surface area contributed by atoms with Crippen molar-refractivity contribution in [1.29, 1.82) is 0 Å². The number of rotatable bonds is 9. The Bertz CT molecular complexity index is 250. The standard InChI is InChI=1S/C10H21NO7/c1-11(4-8(14)15)3-6(12)9(16)10(17)7(13)5-18-2/h6-7,9-10,12-13,16-17H,3-5H2,1-2H3,(H,14,15)/t6?,7-,9-,10-/m1/s1. The first kappa shape index (κ1) is 17.2. The third-order valence-electron chi connectivity index (χ3n) is 2.38. The van der Waals surface area contributed by atoms with Crippen LogP contribution >= 0.6 is 0 Å². The monoisotopic (exact) mass is 267 g/mol. The van der Waals surface area contributed by atoms with E-state index in [1.807, 2.05) is 0 Å². The highest BCUT2D eigenvalue weighted by Gasteiger charge is 2.31. The number of hydrogen-bond acceptors (Lipinski definition) is 7. The molecule has 0 fully saturated rings. The molecule has 0 rings (SSSR count). The molecule has 0 aliphatic carbocycles. The molecule has 0 heterocycles. The van der Waals surface area contributed by atoms with Crippen LogP contribution in [-0.4, -0.2) is 94.7 Å². The minimum Gasteiger partial charge on any atom is -0.480 e. The van der Waals surface area contributed by atoms with Gasteiger partial charge in [-0.2, -0.15) is 0 Å². The molecule has 0 aromatic carbocycles. The van der Waals surface area contributed by atoms with Crippen LogP contribution < -0.4 is 0 Å². The molecule has 108 valence electrons. The Labute approximate surface area is 105 Å². The van der Waals surface area contributed by atoms with Crippen molar-refractivity contribution < 1.29 is 35.1 Å². The number of nitrogens with zero attached hydrogens (tertiary/aromatic N) is 1. The molecule has 5 N–H and O–H groups in total. The third-order valence-corrected chi connectivity index (χ3v) is 2.38. The normalized spacial score (nSPS) is 18.4. The first-order valence-electron chi connectivity index (χ1n) is 5.41. The fraction of sp³-hybridized carbons (Fsp3) is 0.900. The molecule has 4 atom stereocenters. The van der Waals surface area contributed by atoms with Crippen molar-refractivity contribution in [2.45, 2.75) is 24.4 Å².